The van der Waals surface area contributed by atoms with Crippen LogP contribution in [0.1, 0.15) is 5.56 Å². The minimum absolute atomic E-state index is 0.0977. The van der Waals surface area contributed by atoms with Gasteiger partial charge in [-0.25, -0.2) is 0 Å². The highest BCUT2D eigenvalue weighted by Gasteiger charge is 2.19. The summed E-state index contributed by atoms with van der Waals surface area (Å²) in [6.07, 6.45) is 0. The number of pyridine rings is 1. The Morgan fingerprint density at radius 2 is 1.61 bits per heavy atom. The third-order valence-corrected chi connectivity index (χ3v) is 5.44. The van der Waals surface area contributed by atoms with Crippen LogP contribution in [0.15, 0.2) is 68.6 Å². The van der Waals surface area contributed by atoms with Gasteiger partial charge in [0.15, 0.2) is 17.3 Å². The summed E-state index contributed by atoms with van der Waals surface area (Å²) in [5.41, 5.74) is 0.737. The van der Waals surface area contributed by atoms with Gasteiger partial charge in [-0.15, -0.1) is 0 Å². The third kappa shape index (κ3) is 4.34. The highest BCUT2D eigenvalue weighted by atomic mass is 16.5. The molecule has 0 radical (unpaired) electrons. The van der Waals surface area contributed by atoms with Gasteiger partial charge in [-0.3, -0.25) is 9.59 Å². The van der Waals surface area contributed by atoms with E-state index < -0.39 is 22.7 Å². The zero-order valence-corrected chi connectivity index (χ0v) is 19.1. The number of hydrogen-bond donors (Lipinski definition) is 6. The predicted molar refractivity (Wildman–Crippen MR) is 132 cm³/mol. The fourth-order valence-electron chi connectivity index (χ4n) is 3.73. The summed E-state index contributed by atoms with van der Waals surface area (Å²) in [6, 6.07) is 12.9. The lowest BCUT2D eigenvalue weighted by Gasteiger charge is -2.08. The molecule has 6 N–H and O–H groups in total. The monoisotopic (exact) mass is 491 g/mol. The van der Waals surface area contributed by atoms with Crippen molar-refractivity contribution in [2.45, 2.75) is 6.92 Å². The third-order valence-electron chi connectivity index (χ3n) is 5.44. The molecule has 0 atom stereocenters. The molecule has 10 heteroatoms. The average Bonchev–Trinajstić information content (AvgIpc) is 2.82. The fourth-order valence-corrected chi connectivity index (χ4v) is 3.73. The van der Waals surface area contributed by atoms with Crippen LogP contribution in [0.5, 0.6) is 34.5 Å². The summed E-state index contributed by atoms with van der Waals surface area (Å²) in [5, 5.41) is 48.7. The van der Waals surface area contributed by atoms with Crippen LogP contribution in [0.4, 0.5) is 0 Å². The average molecular weight is 491 g/mol. The summed E-state index contributed by atoms with van der Waals surface area (Å²) in [4.78, 5) is 26.2. The zero-order chi connectivity index (χ0) is 26.1. The van der Waals surface area contributed by atoms with Crippen molar-refractivity contribution < 1.29 is 34.7 Å². The number of benzene rings is 3. The van der Waals surface area contributed by atoms with Crippen LogP contribution in [0, 0.1) is 6.92 Å². The molecule has 0 unspecified atom stereocenters. The van der Waals surface area contributed by atoms with Gasteiger partial charge in [0.25, 0.3) is 0 Å². The van der Waals surface area contributed by atoms with Crippen LogP contribution in [0.2, 0.25) is 0 Å². The summed E-state index contributed by atoms with van der Waals surface area (Å²) < 4.78 is 10.5. The van der Waals surface area contributed by atoms with Crippen LogP contribution < -0.4 is 15.7 Å². The van der Waals surface area contributed by atoms with Crippen molar-refractivity contribution in [3.8, 4) is 45.8 Å². The topological polar surface area (TPSA) is 173 Å². The lowest BCUT2D eigenvalue weighted by atomic mass is 10.1. The Morgan fingerprint density at radius 3 is 2.31 bits per heavy atom. The molecule has 3 aromatic carbocycles. The number of para-hydroxylation sites is 1. The SMILES string of the molecule is COc1cccc2c(C)cc(=O)[nH]c12.O=c1c(O)c(-c2ccc(O)c(O)c2)oc2cc(O)cc(O)c12. The maximum absolute atomic E-state index is 12.1. The van der Waals surface area contributed by atoms with Gasteiger partial charge in [0.1, 0.15) is 28.2 Å². The van der Waals surface area contributed by atoms with E-state index in [2.05, 4.69) is 4.98 Å². The van der Waals surface area contributed by atoms with E-state index in [1.165, 1.54) is 6.07 Å². The van der Waals surface area contributed by atoms with Crippen molar-refractivity contribution in [1.82, 2.24) is 4.98 Å². The molecule has 5 rings (SSSR count). The number of aromatic amines is 1. The number of hydrogen-bond acceptors (Lipinski definition) is 9. The lowest BCUT2D eigenvalue weighted by molar-refractivity contribution is 0.403. The number of methoxy groups -OCH3 is 1. The summed E-state index contributed by atoms with van der Waals surface area (Å²) >= 11 is 0. The molecule has 36 heavy (non-hydrogen) atoms. The summed E-state index contributed by atoms with van der Waals surface area (Å²) in [7, 11) is 1.59. The smallest absolute Gasteiger partial charge is 0.248 e. The van der Waals surface area contributed by atoms with Crippen molar-refractivity contribution in [3.63, 3.8) is 0 Å². The van der Waals surface area contributed by atoms with Crippen molar-refractivity contribution in [3.05, 3.63) is 80.7 Å². The Labute approximate surface area is 202 Å². The first-order valence-electron chi connectivity index (χ1n) is 10.5. The molecular formula is C26H21NO9. The summed E-state index contributed by atoms with van der Waals surface area (Å²) in [5.74, 6) is -2.02. The first kappa shape index (κ1) is 24.0. The zero-order valence-electron chi connectivity index (χ0n) is 19.1. The van der Waals surface area contributed by atoms with Crippen molar-refractivity contribution in [2.24, 2.45) is 0 Å². The number of aryl methyl sites for hydroxylation is 1. The molecule has 0 bridgehead atoms. The lowest BCUT2D eigenvalue weighted by Crippen LogP contribution is -2.05. The first-order chi connectivity index (χ1) is 17.1. The van der Waals surface area contributed by atoms with Gasteiger partial charge >= 0.3 is 0 Å². The predicted octanol–water partition coefficient (Wildman–Crippen LogP) is 3.83. The van der Waals surface area contributed by atoms with Crippen molar-refractivity contribution in [1.29, 1.82) is 0 Å². The van der Waals surface area contributed by atoms with Crippen LogP contribution in [0.3, 0.4) is 0 Å². The molecule has 0 aliphatic carbocycles. The molecule has 0 spiro atoms. The van der Waals surface area contributed by atoms with Crippen LogP contribution >= 0.6 is 0 Å². The second-order valence-electron chi connectivity index (χ2n) is 7.85. The second kappa shape index (κ2) is 9.26. The van der Waals surface area contributed by atoms with Crippen LogP contribution in [-0.2, 0) is 0 Å². The Morgan fingerprint density at radius 1 is 0.861 bits per heavy atom. The standard InChI is InChI=1S/C15H10O7.C11H11NO2/c16-7-4-10(19)12-11(5-7)22-15(14(21)13(12)20)6-1-2-8(17)9(18)3-6;1-7-6-10(13)12-11-8(7)4-3-5-9(11)14-2/h1-5,16-19,21H;3-6H,1-2H3,(H,12,13). The maximum atomic E-state index is 12.1. The Bertz CT molecular complexity index is 1730. The largest absolute Gasteiger partial charge is 0.508 e. The quantitative estimate of drug-likeness (QED) is 0.201. The van der Waals surface area contributed by atoms with E-state index in [-0.39, 0.29) is 39.4 Å². The Kier molecular flexibility index (Phi) is 6.18. The van der Waals surface area contributed by atoms with Gasteiger partial charge in [-0.2, -0.15) is 0 Å². The minimum atomic E-state index is -0.888. The molecule has 184 valence electrons. The minimum Gasteiger partial charge on any atom is -0.508 e. The number of aromatic hydroxyl groups is 5. The molecule has 0 saturated heterocycles. The molecule has 0 aliphatic heterocycles. The number of fused-ring (bicyclic) bond motifs is 2. The van der Waals surface area contributed by atoms with E-state index in [9.17, 15) is 35.1 Å². The number of rotatable bonds is 2. The van der Waals surface area contributed by atoms with Crippen molar-refractivity contribution >= 4 is 21.9 Å². The highest BCUT2D eigenvalue weighted by Crippen LogP contribution is 2.37. The molecule has 10 nitrogen and oxygen atoms in total. The van der Waals surface area contributed by atoms with Crippen LogP contribution in [0.25, 0.3) is 33.2 Å². The number of nitrogens with one attached hydrogen (secondary N) is 1. The first-order valence-corrected chi connectivity index (χ1v) is 10.5. The van der Waals surface area contributed by atoms with Gasteiger partial charge in [0.2, 0.25) is 16.7 Å². The molecule has 0 amide bonds. The normalized spacial score (nSPS) is 10.7. The maximum Gasteiger partial charge on any atom is 0.248 e. The van der Waals surface area contributed by atoms with Gasteiger partial charge in [-0.1, -0.05) is 12.1 Å². The Balaban J connectivity index is 0.000000187. The van der Waals surface area contributed by atoms with Gasteiger partial charge in [0, 0.05) is 29.1 Å². The van der Waals surface area contributed by atoms with Gasteiger partial charge in [0.05, 0.1) is 12.6 Å². The summed E-state index contributed by atoms with van der Waals surface area (Å²) in [6.45, 7) is 1.91. The molecule has 0 fully saturated rings. The number of H-pyrrole nitrogens is 1. The van der Waals surface area contributed by atoms with E-state index >= 15 is 0 Å². The molecular weight excluding hydrogens is 470 g/mol. The second-order valence-corrected chi connectivity index (χ2v) is 7.85. The van der Waals surface area contributed by atoms with E-state index in [0.717, 1.165) is 40.7 Å². The van der Waals surface area contributed by atoms with E-state index in [0.29, 0.717) is 5.75 Å². The highest BCUT2D eigenvalue weighted by molar-refractivity contribution is 5.88. The Hall–Kier alpha value is -5.12. The molecule has 5 aromatic rings. The number of phenols is 4. The van der Waals surface area contributed by atoms with Gasteiger partial charge in [-0.05, 0) is 36.8 Å². The number of aromatic nitrogens is 1. The van der Waals surface area contributed by atoms with Crippen molar-refractivity contribution in [2.75, 3.05) is 7.11 Å². The number of phenolic OH excluding ortho intramolecular Hbond substituents is 4. The van der Waals surface area contributed by atoms with E-state index in [1.54, 1.807) is 13.2 Å². The molecule has 2 aromatic heterocycles. The number of ether oxygens (including phenoxy) is 1. The molecule has 0 aliphatic rings. The van der Waals surface area contributed by atoms with E-state index in [4.69, 9.17) is 9.15 Å². The van der Waals surface area contributed by atoms with Gasteiger partial charge < -0.3 is 39.7 Å². The van der Waals surface area contributed by atoms with Crippen LogP contribution in [-0.4, -0.2) is 37.6 Å². The fraction of sp³-hybridized carbons (Fsp3) is 0.0769. The molecule has 2 heterocycles. The molecule has 0 saturated carbocycles. The van der Waals surface area contributed by atoms with E-state index in [1.807, 2.05) is 25.1 Å².